The van der Waals surface area contributed by atoms with Crippen LogP contribution in [-0.4, -0.2) is 4.98 Å². The summed E-state index contributed by atoms with van der Waals surface area (Å²) in [6.07, 6.45) is 0. The predicted molar refractivity (Wildman–Crippen MR) is 75.2 cm³/mol. The Balaban J connectivity index is 3.63. The second kappa shape index (κ2) is 3.90. The van der Waals surface area contributed by atoms with Crippen LogP contribution >= 0.6 is 0 Å². The first-order valence-electron chi connectivity index (χ1n) is 6.02. The molecule has 0 unspecified atom stereocenters. The Morgan fingerprint density at radius 3 is 1.29 bits per heavy atom. The Labute approximate surface area is 105 Å². The van der Waals surface area contributed by atoms with E-state index in [4.69, 9.17) is 16.5 Å². The smallest absolute Gasteiger partial charge is 0.0693 e. The van der Waals surface area contributed by atoms with Crippen LogP contribution in [-0.2, 0) is 10.8 Å². The average molecular weight is 235 g/mol. The normalized spacial score (nSPS) is 12.9. The SMILES string of the molecule is Cc1c(N)c(C(C)(C)C)nc(C(C)(C)C)c1N. The molecule has 0 saturated carbocycles. The van der Waals surface area contributed by atoms with Crippen molar-refractivity contribution in [2.45, 2.75) is 59.3 Å². The molecule has 0 spiro atoms. The zero-order valence-corrected chi connectivity index (χ0v) is 12.1. The van der Waals surface area contributed by atoms with E-state index in [1.165, 1.54) is 0 Å². The second-order valence-electron chi connectivity index (χ2n) is 6.76. The van der Waals surface area contributed by atoms with Gasteiger partial charge in [0.05, 0.1) is 22.8 Å². The summed E-state index contributed by atoms with van der Waals surface area (Å²) >= 11 is 0. The zero-order chi connectivity index (χ0) is 13.6. The molecule has 1 aromatic heterocycles. The number of aromatic nitrogens is 1. The number of rotatable bonds is 0. The van der Waals surface area contributed by atoms with E-state index in [0.29, 0.717) is 0 Å². The van der Waals surface area contributed by atoms with Crippen molar-refractivity contribution in [1.82, 2.24) is 4.98 Å². The maximum absolute atomic E-state index is 6.14. The van der Waals surface area contributed by atoms with Crippen molar-refractivity contribution in [2.75, 3.05) is 11.5 Å². The van der Waals surface area contributed by atoms with Crippen LogP contribution in [0.25, 0.3) is 0 Å². The molecule has 0 aromatic carbocycles. The van der Waals surface area contributed by atoms with E-state index < -0.39 is 0 Å². The van der Waals surface area contributed by atoms with Crippen molar-refractivity contribution < 1.29 is 0 Å². The van der Waals surface area contributed by atoms with Crippen LogP contribution < -0.4 is 11.5 Å². The van der Waals surface area contributed by atoms with E-state index in [2.05, 4.69) is 41.5 Å². The Bertz CT molecular complexity index is 396. The number of nitrogens with zero attached hydrogens (tertiary/aromatic N) is 1. The number of hydrogen-bond acceptors (Lipinski definition) is 3. The minimum absolute atomic E-state index is 0.0669. The third-order valence-electron chi connectivity index (χ3n) is 2.96. The third kappa shape index (κ3) is 2.54. The van der Waals surface area contributed by atoms with Crippen molar-refractivity contribution in [3.63, 3.8) is 0 Å². The molecule has 0 bridgehead atoms. The molecule has 0 fully saturated rings. The van der Waals surface area contributed by atoms with Gasteiger partial charge < -0.3 is 11.5 Å². The number of nitrogens with two attached hydrogens (primary N) is 2. The van der Waals surface area contributed by atoms with Gasteiger partial charge >= 0.3 is 0 Å². The third-order valence-corrected chi connectivity index (χ3v) is 2.96. The molecular weight excluding hydrogens is 210 g/mol. The van der Waals surface area contributed by atoms with Crippen molar-refractivity contribution in [1.29, 1.82) is 0 Å². The van der Waals surface area contributed by atoms with Gasteiger partial charge in [-0.25, -0.2) is 0 Å². The fourth-order valence-corrected chi connectivity index (χ4v) is 1.88. The molecule has 1 heterocycles. The largest absolute Gasteiger partial charge is 0.397 e. The van der Waals surface area contributed by atoms with Crippen LogP contribution in [0.3, 0.4) is 0 Å². The van der Waals surface area contributed by atoms with Crippen LogP contribution in [0, 0.1) is 6.92 Å². The monoisotopic (exact) mass is 235 g/mol. The van der Waals surface area contributed by atoms with Crippen LogP contribution in [0.1, 0.15) is 58.5 Å². The first kappa shape index (κ1) is 13.8. The van der Waals surface area contributed by atoms with Crippen LogP contribution in [0.2, 0.25) is 0 Å². The van der Waals surface area contributed by atoms with Crippen molar-refractivity contribution in [2.24, 2.45) is 0 Å². The lowest BCUT2D eigenvalue weighted by Gasteiger charge is -2.28. The standard InChI is InChI=1S/C14H25N3/c1-8-9(15)11(13(2,3)4)17-12(10(8)16)14(5,6)7/h15-16H2,1-7H3. The highest BCUT2D eigenvalue weighted by molar-refractivity contribution is 5.67. The molecule has 0 amide bonds. The summed E-state index contributed by atoms with van der Waals surface area (Å²) in [6.45, 7) is 14.7. The first-order chi connectivity index (χ1) is 7.46. The maximum Gasteiger partial charge on any atom is 0.0693 e. The number of pyridine rings is 1. The molecule has 1 rings (SSSR count). The molecule has 96 valence electrons. The van der Waals surface area contributed by atoms with Gasteiger partial charge in [0.2, 0.25) is 0 Å². The number of hydrogen-bond donors (Lipinski definition) is 2. The molecular formula is C14H25N3. The van der Waals surface area contributed by atoms with E-state index in [1.807, 2.05) is 6.92 Å². The maximum atomic E-state index is 6.14. The van der Waals surface area contributed by atoms with Gasteiger partial charge in [0.15, 0.2) is 0 Å². The summed E-state index contributed by atoms with van der Waals surface area (Å²) in [5.41, 5.74) is 16.4. The topological polar surface area (TPSA) is 64.9 Å². The zero-order valence-electron chi connectivity index (χ0n) is 12.1. The Kier molecular flexibility index (Phi) is 3.17. The summed E-state index contributed by atoms with van der Waals surface area (Å²) in [5.74, 6) is 0. The fraction of sp³-hybridized carbons (Fsp3) is 0.643. The Morgan fingerprint density at radius 2 is 1.06 bits per heavy atom. The highest BCUT2D eigenvalue weighted by Crippen LogP contribution is 2.36. The van der Waals surface area contributed by atoms with E-state index in [9.17, 15) is 0 Å². The average Bonchev–Trinajstić information content (AvgIpc) is 2.10. The highest BCUT2D eigenvalue weighted by atomic mass is 14.8. The summed E-state index contributed by atoms with van der Waals surface area (Å²) in [5, 5.41) is 0. The van der Waals surface area contributed by atoms with Gasteiger partial charge in [-0.1, -0.05) is 41.5 Å². The molecule has 3 nitrogen and oxygen atoms in total. The summed E-state index contributed by atoms with van der Waals surface area (Å²) in [6, 6.07) is 0. The van der Waals surface area contributed by atoms with Gasteiger partial charge in [-0.3, -0.25) is 4.98 Å². The Hall–Kier alpha value is -1.25. The van der Waals surface area contributed by atoms with Gasteiger partial charge in [0.25, 0.3) is 0 Å². The lowest BCUT2D eigenvalue weighted by Crippen LogP contribution is -2.24. The molecule has 17 heavy (non-hydrogen) atoms. The van der Waals surface area contributed by atoms with E-state index in [-0.39, 0.29) is 10.8 Å². The number of nitrogen functional groups attached to an aromatic ring is 2. The number of anilines is 2. The summed E-state index contributed by atoms with van der Waals surface area (Å²) in [7, 11) is 0. The lowest BCUT2D eigenvalue weighted by molar-refractivity contribution is 0.534. The van der Waals surface area contributed by atoms with Crippen molar-refractivity contribution in [3.8, 4) is 0 Å². The quantitative estimate of drug-likeness (QED) is 0.726. The van der Waals surface area contributed by atoms with Crippen molar-refractivity contribution in [3.05, 3.63) is 17.0 Å². The van der Waals surface area contributed by atoms with Crippen LogP contribution in [0.5, 0.6) is 0 Å². The fourth-order valence-electron chi connectivity index (χ4n) is 1.88. The second-order valence-corrected chi connectivity index (χ2v) is 6.76. The summed E-state index contributed by atoms with van der Waals surface area (Å²) < 4.78 is 0. The van der Waals surface area contributed by atoms with E-state index in [1.54, 1.807) is 0 Å². The van der Waals surface area contributed by atoms with E-state index >= 15 is 0 Å². The first-order valence-corrected chi connectivity index (χ1v) is 6.02. The van der Waals surface area contributed by atoms with Crippen molar-refractivity contribution >= 4 is 11.4 Å². The van der Waals surface area contributed by atoms with E-state index in [0.717, 1.165) is 28.3 Å². The van der Waals surface area contributed by atoms with Gasteiger partial charge in [0, 0.05) is 10.8 Å². The lowest BCUT2D eigenvalue weighted by atomic mass is 9.84. The van der Waals surface area contributed by atoms with Crippen LogP contribution in [0.15, 0.2) is 0 Å². The Morgan fingerprint density at radius 1 is 0.765 bits per heavy atom. The molecule has 1 aromatic rings. The highest BCUT2D eigenvalue weighted by Gasteiger charge is 2.27. The minimum Gasteiger partial charge on any atom is -0.397 e. The molecule has 0 aliphatic heterocycles. The van der Waals surface area contributed by atoms with Gasteiger partial charge in [0.1, 0.15) is 0 Å². The van der Waals surface area contributed by atoms with Gasteiger partial charge in [-0.2, -0.15) is 0 Å². The van der Waals surface area contributed by atoms with Crippen LogP contribution in [0.4, 0.5) is 11.4 Å². The molecule has 0 aliphatic rings. The molecule has 0 saturated heterocycles. The molecule has 0 radical (unpaired) electrons. The predicted octanol–water partition coefficient (Wildman–Crippen LogP) is 3.15. The van der Waals surface area contributed by atoms with Gasteiger partial charge in [-0.15, -0.1) is 0 Å². The molecule has 3 heteroatoms. The molecule has 0 atom stereocenters. The molecule has 0 aliphatic carbocycles. The molecule has 4 N–H and O–H groups in total. The van der Waals surface area contributed by atoms with Gasteiger partial charge in [-0.05, 0) is 12.5 Å². The summed E-state index contributed by atoms with van der Waals surface area (Å²) in [4.78, 5) is 4.73. The minimum atomic E-state index is -0.0669.